The second-order valence-electron chi connectivity index (χ2n) is 5.15. The van der Waals surface area contributed by atoms with E-state index in [4.69, 9.17) is 4.74 Å². The monoisotopic (exact) mass is 331 g/mol. The van der Waals surface area contributed by atoms with Crippen molar-refractivity contribution in [2.45, 2.75) is 23.9 Å². The summed E-state index contributed by atoms with van der Waals surface area (Å²) < 4.78 is 5.36. The molecule has 2 aromatic rings. The Morgan fingerprint density at radius 2 is 1.96 bits per heavy atom. The molecule has 0 heterocycles. The van der Waals surface area contributed by atoms with Gasteiger partial charge in [-0.2, -0.15) is 0 Å². The lowest BCUT2D eigenvalue weighted by Gasteiger charge is -2.15. The van der Waals surface area contributed by atoms with Crippen LogP contribution in [0.2, 0.25) is 0 Å². The van der Waals surface area contributed by atoms with Gasteiger partial charge in [-0.3, -0.25) is 4.79 Å². The zero-order valence-corrected chi connectivity index (χ0v) is 14.1. The van der Waals surface area contributed by atoms with E-state index < -0.39 is 12.0 Å². The van der Waals surface area contributed by atoms with Gasteiger partial charge in [-0.05, 0) is 35.9 Å². The number of aliphatic carboxylic acids is 1. The predicted molar refractivity (Wildman–Crippen MR) is 93.2 cm³/mol. The van der Waals surface area contributed by atoms with E-state index in [2.05, 4.69) is 5.32 Å². The van der Waals surface area contributed by atoms with Gasteiger partial charge < -0.3 is 15.2 Å². The summed E-state index contributed by atoms with van der Waals surface area (Å²) in [6.07, 6.45) is 2.45. The fourth-order valence-corrected chi connectivity index (χ4v) is 2.88. The molecule has 0 amide bonds. The Kier molecular flexibility index (Phi) is 6.50. The molecule has 0 aliphatic carbocycles. The molecular weight excluding hydrogens is 310 g/mol. The van der Waals surface area contributed by atoms with Crippen molar-refractivity contribution in [3.05, 3.63) is 59.7 Å². The van der Waals surface area contributed by atoms with Crippen molar-refractivity contribution in [3.8, 4) is 5.75 Å². The molecule has 122 valence electrons. The Hall–Kier alpha value is -1.98. The minimum absolute atomic E-state index is 0.455. The Balaban J connectivity index is 2.03. The lowest BCUT2D eigenvalue weighted by atomic mass is 10.1. The number of methoxy groups -OCH3 is 1. The molecule has 1 atom stereocenters. The average molecular weight is 331 g/mol. The fourth-order valence-electron chi connectivity index (χ4n) is 2.33. The van der Waals surface area contributed by atoms with Crippen molar-refractivity contribution in [2.75, 3.05) is 13.4 Å². The molecule has 0 fully saturated rings. The molecule has 0 spiro atoms. The van der Waals surface area contributed by atoms with Gasteiger partial charge in [0.25, 0.3) is 0 Å². The van der Waals surface area contributed by atoms with E-state index in [0.29, 0.717) is 13.0 Å². The first-order valence-electron chi connectivity index (χ1n) is 7.35. The van der Waals surface area contributed by atoms with Crippen LogP contribution < -0.4 is 10.1 Å². The first-order chi connectivity index (χ1) is 11.1. The quantitative estimate of drug-likeness (QED) is 0.728. The maximum absolute atomic E-state index is 11.5. The van der Waals surface area contributed by atoms with Crippen LogP contribution in [0.3, 0.4) is 0 Å². The number of rotatable bonds is 8. The second-order valence-corrected chi connectivity index (χ2v) is 6.00. The number of carboxylic acids is 1. The molecule has 0 saturated heterocycles. The number of nitrogens with one attached hydrogen (secondary N) is 1. The van der Waals surface area contributed by atoms with Crippen LogP contribution in [-0.4, -0.2) is 30.5 Å². The number of carboxylic acid groups (broad SMARTS) is 1. The van der Waals surface area contributed by atoms with E-state index in [-0.39, 0.29) is 0 Å². The lowest BCUT2D eigenvalue weighted by Crippen LogP contribution is -2.38. The summed E-state index contributed by atoms with van der Waals surface area (Å²) in [6, 6.07) is 14.9. The first kappa shape index (κ1) is 17.4. The Morgan fingerprint density at radius 3 is 2.57 bits per heavy atom. The van der Waals surface area contributed by atoms with Crippen LogP contribution in [0.25, 0.3) is 0 Å². The maximum Gasteiger partial charge on any atom is 0.321 e. The molecule has 0 radical (unpaired) electrons. The van der Waals surface area contributed by atoms with E-state index in [1.807, 2.05) is 54.8 Å². The number of benzene rings is 2. The van der Waals surface area contributed by atoms with Crippen molar-refractivity contribution in [3.63, 3.8) is 0 Å². The second kappa shape index (κ2) is 8.60. The highest BCUT2D eigenvalue weighted by molar-refractivity contribution is 7.98. The molecule has 0 saturated carbocycles. The summed E-state index contributed by atoms with van der Waals surface area (Å²) in [7, 11) is 1.64. The normalized spacial score (nSPS) is 11.9. The number of carbonyl (C=O) groups is 1. The van der Waals surface area contributed by atoms with Gasteiger partial charge in [-0.15, -0.1) is 11.8 Å². The van der Waals surface area contributed by atoms with Crippen molar-refractivity contribution in [2.24, 2.45) is 0 Å². The van der Waals surface area contributed by atoms with Crippen LogP contribution in [0.15, 0.2) is 53.4 Å². The summed E-state index contributed by atoms with van der Waals surface area (Å²) in [5, 5.41) is 12.5. The molecule has 23 heavy (non-hydrogen) atoms. The van der Waals surface area contributed by atoms with Gasteiger partial charge >= 0.3 is 5.97 Å². The minimum atomic E-state index is -0.846. The fraction of sp³-hybridized carbons (Fsp3) is 0.278. The molecule has 4 nitrogen and oxygen atoms in total. The molecular formula is C18H21NO3S. The van der Waals surface area contributed by atoms with Crippen LogP contribution in [0, 0.1) is 0 Å². The van der Waals surface area contributed by atoms with Crippen LogP contribution in [0.1, 0.15) is 11.1 Å². The first-order valence-corrected chi connectivity index (χ1v) is 8.57. The average Bonchev–Trinajstić information content (AvgIpc) is 2.58. The Morgan fingerprint density at radius 1 is 1.22 bits per heavy atom. The molecule has 0 bridgehead atoms. The van der Waals surface area contributed by atoms with Gasteiger partial charge in [-0.25, -0.2) is 0 Å². The SMILES string of the molecule is COc1cc(CN[C@@H](Cc2ccccc2)C(=O)O)ccc1SC. The van der Waals surface area contributed by atoms with E-state index in [1.165, 1.54) is 0 Å². The molecule has 0 unspecified atom stereocenters. The number of hydrogen-bond acceptors (Lipinski definition) is 4. The molecule has 0 aliphatic rings. The van der Waals surface area contributed by atoms with Crippen LogP contribution in [0.4, 0.5) is 0 Å². The van der Waals surface area contributed by atoms with Gasteiger partial charge in [0.15, 0.2) is 0 Å². The largest absolute Gasteiger partial charge is 0.496 e. The topological polar surface area (TPSA) is 58.6 Å². The van der Waals surface area contributed by atoms with Crippen molar-refractivity contribution >= 4 is 17.7 Å². The highest BCUT2D eigenvalue weighted by Gasteiger charge is 2.17. The van der Waals surface area contributed by atoms with E-state index in [9.17, 15) is 9.90 Å². The highest BCUT2D eigenvalue weighted by Crippen LogP contribution is 2.28. The number of ether oxygens (including phenoxy) is 1. The summed E-state index contributed by atoms with van der Waals surface area (Å²) in [5.41, 5.74) is 2.00. The Labute approximate surface area is 140 Å². The minimum Gasteiger partial charge on any atom is -0.496 e. The molecule has 0 aromatic heterocycles. The third-order valence-electron chi connectivity index (χ3n) is 3.58. The number of hydrogen-bond donors (Lipinski definition) is 2. The standard InChI is InChI=1S/C18H21NO3S/c1-22-16-11-14(8-9-17(16)23-2)12-19-15(18(20)21)10-13-6-4-3-5-7-13/h3-9,11,15,19H,10,12H2,1-2H3,(H,20,21)/t15-/m0/s1. The van der Waals surface area contributed by atoms with Gasteiger partial charge in [0.05, 0.1) is 7.11 Å². The van der Waals surface area contributed by atoms with Crippen molar-refractivity contribution < 1.29 is 14.6 Å². The molecule has 2 aromatic carbocycles. The predicted octanol–water partition coefficient (Wildman–Crippen LogP) is 3.20. The summed E-state index contributed by atoms with van der Waals surface area (Å²) in [6.45, 7) is 0.481. The van der Waals surface area contributed by atoms with Crippen molar-refractivity contribution in [1.29, 1.82) is 0 Å². The molecule has 2 N–H and O–H groups in total. The summed E-state index contributed by atoms with van der Waals surface area (Å²) in [5.74, 6) is -0.0340. The zero-order valence-electron chi connectivity index (χ0n) is 13.3. The van der Waals surface area contributed by atoms with Gasteiger partial charge in [0.1, 0.15) is 11.8 Å². The third kappa shape index (κ3) is 5.01. The smallest absolute Gasteiger partial charge is 0.321 e. The van der Waals surface area contributed by atoms with Crippen LogP contribution in [0.5, 0.6) is 5.75 Å². The summed E-state index contributed by atoms with van der Waals surface area (Å²) >= 11 is 1.62. The molecule has 0 aliphatic heterocycles. The number of thioether (sulfide) groups is 1. The van der Waals surface area contributed by atoms with Crippen LogP contribution >= 0.6 is 11.8 Å². The van der Waals surface area contributed by atoms with Gasteiger partial charge in [0, 0.05) is 11.4 Å². The summed E-state index contributed by atoms with van der Waals surface area (Å²) in [4.78, 5) is 12.5. The third-order valence-corrected chi connectivity index (χ3v) is 4.36. The van der Waals surface area contributed by atoms with E-state index in [1.54, 1.807) is 18.9 Å². The van der Waals surface area contributed by atoms with Gasteiger partial charge in [-0.1, -0.05) is 36.4 Å². The molecule has 5 heteroatoms. The lowest BCUT2D eigenvalue weighted by molar-refractivity contribution is -0.139. The van der Waals surface area contributed by atoms with Gasteiger partial charge in [0.2, 0.25) is 0 Å². The maximum atomic E-state index is 11.5. The zero-order chi connectivity index (χ0) is 16.7. The highest BCUT2D eigenvalue weighted by atomic mass is 32.2. The van der Waals surface area contributed by atoms with E-state index >= 15 is 0 Å². The van der Waals surface area contributed by atoms with Crippen molar-refractivity contribution in [1.82, 2.24) is 5.32 Å². The Bertz CT molecular complexity index is 646. The van der Waals surface area contributed by atoms with Crippen LogP contribution in [-0.2, 0) is 17.8 Å². The van der Waals surface area contributed by atoms with E-state index in [0.717, 1.165) is 21.8 Å². The molecule has 2 rings (SSSR count).